The summed E-state index contributed by atoms with van der Waals surface area (Å²) in [6, 6.07) is 10.2. The van der Waals surface area contributed by atoms with Crippen LogP contribution in [0.4, 0.5) is 0 Å². The van der Waals surface area contributed by atoms with Crippen molar-refractivity contribution in [1.82, 2.24) is 9.88 Å². The molecule has 1 aromatic carbocycles. The van der Waals surface area contributed by atoms with Crippen LogP contribution in [0.5, 0.6) is 0 Å². The molecule has 0 aliphatic heterocycles. The highest BCUT2D eigenvalue weighted by Crippen LogP contribution is 2.23. The van der Waals surface area contributed by atoms with Gasteiger partial charge in [0, 0.05) is 17.7 Å². The van der Waals surface area contributed by atoms with Gasteiger partial charge >= 0.3 is 5.97 Å². The Bertz CT molecular complexity index is 682. The second-order valence-corrected chi connectivity index (χ2v) is 6.06. The van der Waals surface area contributed by atoms with Crippen LogP contribution in [0.2, 0.25) is 0 Å². The van der Waals surface area contributed by atoms with Crippen molar-refractivity contribution in [3.8, 4) is 0 Å². The Hall–Kier alpha value is -2.08. The van der Waals surface area contributed by atoms with E-state index in [9.17, 15) is 14.7 Å². The Morgan fingerprint density at radius 2 is 1.91 bits per heavy atom. The van der Waals surface area contributed by atoms with E-state index in [2.05, 4.69) is 21.2 Å². The molecule has 6 heteroatoms. The number of carboxylic acid groups (broad SMARTS) is 1. The number of benzene rings is 1. The van der Waals surface area contributed by atoms with Gasteiger partial charge in [0.05, 0.1) is 12.0 Å². The van der Waals surface area contributed by atoms with Crippen molar-refractivity contribution >= 4 is 27.8 Å². The number of carbonyl (C=O) groups excluding carboxylic acids is 1. The second kappa shape index (κ2) is 6.79. The third-order valence-corrected chi connectivity index (χ3v) is 3.97. The monoisotopic (exact) mass is 364 g/mol. The highest BCUT2D eigenvalue weighted by molar-refractivity contribution is 9.10. The first kappa shape index (κ1) is 16.3. The maximum absolute atomic E-state index is 12.4. The van der Waals surface area contributed by atoms with Gasteiger partial charge in [0.1, 0.15) is 5.69 Å². The van der Waals surface area contributed by atoms with Gasteiger partial charge < -0.3 is 15.0 Å². The molecule has 2 aromatic rings. The number of carboxylic acids is 1. The molecule has 0 radical (unpaired) electrons. The number of hydrogen-bond donors (Lipinski definition) is 2. The van der Waals surface area contributed by atoms with Gasteiger partial charge in [0.25, 0.3) is 5.91 Å². The molecule has 2 rings (SSSR count). The van der Waals surface area contributed by atoms with Crippen LogP contribution in [0.1, 0.15) is 29.0 Å². The van der Waals surface area contributed by atoms with Crippen LogP contribution in [0.3, 0.4) is 0 Å². The molecule has 1 aromatic heterocycles. The molecule has 1 heterocycles. The molecule has 0 saturated heterocycles. The Balaban J connectivity index is 2.29. The second-order valence-electron chi connectivity index (χ2n) is 5.14. The highest BCUT2D eigenvalue weighted by Gasteiger charge is 2.27. The first-order valence-corrected chi connectivity index (χ1v) is 7.60. The lowest BCUT2D eigenvalue weighted by Gasteiger charge is -2.23. The van der Waals surface area contributed by atoms with E-state index in [1.807, 2.05) is 30.3 Å². The van der Waals surface area contributed by atoms with Crippen molar-refractivity contribution < 1.29 is 14.7 Å². The van der Waals surface area contributed by atoms with Crippen molar-refractivity contribution in [2.45, 2.75) is 13.0 Å². The van der Waals surface area contributed by atoms with Crippen LogP contribution < -0.4 is 5.32 Å². The smallest absolute Gasteiger partial charge is 0.308 e. The number of halogens is 1. The predicted molar refractivity (Wildman–Crippen MR) is 86.6 cm³/mol. The SMILES string of the molecule is CC(C(=O)O)C(NC(=O)c1cc(Br)cn1C)c1ccccc1. The number of amides is 1. The molecule has 2 unspecified atom stereocenters. The van der Waals surface area contributed by atoms with Crippen LogP contribution >= 0.6 is 15.9 Å². The Morgan fingerprint density at radius 3 is 2.41 bits per heavy atom. The summed E-state index contributed by atoms with van der Waals surface area (Å²) in [6.07, 6.45) is 1.77. The van der Waals surface area contributed by atoms with E-state index < -0.39 is 17.9 Å². The molecular formula is C16H17BrN2O3. The fourth-order valence-electron chi connectivity index (χ4n) is 2.27. The van der Waals surface area contributed by atoms with Crippen LogP contribution in [-0.2, 0) is 11.8 Å². The predicted octanol–water partition coefficient (Wildman–Crippen LogP) is 2.98. The lowest BCUT2D eigenvalue weighted by molar-refractivity contribution is -0.142. The fourth-order valence-corrected chi connectivity index (χ4v) is 2.79. The summed E-state index contributed by atoms with van der Waals surface area (Å²) >= 11 is 3.32. The molecule has 0 aliphatic rings. The molecule has 22 heavy (non-hydrogen) atoms. The van der Waals surface area contributed by atoms with E-state index in [0.717, 1.165) is 10.0 Å². The van der Waals surface area contributed by atoms with Crippen LogP contribution in [0.15, 0.2) is 47.1 Å². The molecule has 2 N–H and O–H groups in total. The van der Waals surface area contributed by atoms with E-state index in [1.165, 1.54) is 0 Å². The van der Waals surface area contributed by atoms with Crippen LogP contribution in [0.25, 0.3) is 0 Å². The minimum atomic E-state index is -0.956. The molecule has 1 amide bonds. The molecular weight excluding hydrogens is 348 g/mol. The maximum atomic E-state index is 12.4. The quantitative estimate of drug-likeness (QED) is 0.856. The average molecular weight is 365 g/mol. The summed E-state index contributed by atoms with van der Waals surface area (Å²) in [4.78, 5) is 23.8. The largest absolute Gasteiger partial charge is 0.481 e. The van der Waals surface area contributed by atoms with Crippen LogP contribution in [-0.4, -0.2) is 21.6 Å². The van der Waals surface area contributed by atoms with Crippen molar-refractivity contribution in [2.24, 2.45) is 13.0 Å². The van der Waals surface area contributed by atoms with E-state index >= 15 is 0 Å². The average Bonchev–Trinajstić information content (AvgIpc) is 2.83. The Kier molecular flexibility index (Phi) is 5.03. The van der Waals surface area contributed by atoms with E-state index in [4.69, 9.17) is 0 Å². The number of nitrogens with one attached hydrogen (secondary N) is 1. The zero-order valence-electron chi connectivity index (χ0n) is 12.3. The maximum Gasteiger partial charge on any atom is 0.308 e. The van der Waals surface area contributed by atoms with Gasteiger partial charge in [-0.3, -0.25) is 9.59 Å². The summed E-state index contributed by atoms with van der Waals surface area (Å²) in [6.45, 7) is 1.58. The zero-order chi connectivity index (χ0) is 16.3. The third kappa shape index (κ3) is 3.57. The Labute approximate surface area is 137 Å². The molecule has 2 atom stereocenters. The Morgan fingerprint density at radius 1 is 1.27 bits per heavy atom. The van der Waals surface area contributed by atoms with Gasteiger partial charge in [0.15, 0.2) is 0 Å². The minimum Gasteiger partial charge on any atom is -0.481 e. The van der Waals surface area contributed by atoms with E-state index in [-0.39, 0.29) is 5.91 Å². The van der Waals surface area contributed by atoms with Crippen molar-refractivity contribution in [3.63, 3.8) is 0 Å². The van der Waals surface area contributed by atoms with Crippen molar-refractivity contribution in [1.29, 1.82) is 0 Å². The first-order valence-electron chi connectivity index (χ1n) is 6.80. The molecule has 0 bridgehead atoms. The number of carbonyl (C=O) groups is 2. The standard InChI is InChI=1S/C16H17BrN2O3/c1-10(16(21)22)14(11-6-4-3-5-7-11)18-15(20)13-8-12(17)9-19(13)2/h3-10,14H,1-2H3,(H,18,20)(H,21,22). The number of nitrogens with zero attached hydrogens (tertiary/aromatic N) is 1. The minimum absolute atomic E-state index is 0.310. The van der Waals surface area contributed by atoms with Gasteiger partial charge in [-0.1, -0.05) is 30.3 Å². The zero-order valence-corrected chi connectivity index (χ0v) is 13.9. The summed E-state index contributed by atoms with van der Waals surface area (Å²) in [5.74, 6) is -2.01. The van der Waals surface area contributed by atoms with Gasteiger partial charge in [0.2, 0.25) is 0 Å². The lowest BCUT2D eigenvalue weighted by atomic mass is 9.94. The van der Waals surface area contributed by atoms with Crippen molar-refractivity contribution in [3.05, 3.63) is 58.3 Å². The highest BCUT2D eigenvalue weighted by atomic mass is 79.9. The summed E-state index contributed by atoms with van der Waals surface area (Å²) < 4.78 is 2.48. The molecule has 116 valence electrons. The molecule has 0 fully saturated rings. The lowest BCUT2D eigenvalue weighted by Crippen LogP contribution is -2.36. The number of aliphatic carboxylic acids is 1. The number of hydrogen-bond acceptors (Lipinski definition) is 2. The first-order chi connectivity index (χ1) is 10.4. The van der Waals surface area contributed by atoms with Gasteiger partial charge in [-0.05, 0) is 34.5 Å². The van der Waals surface area contributed by atoms with Crippen molar-refractivity contribution in [2.75, 3.05) is 0 Å². The molecule has 0 spiro atoms. The van der Waals surface area contributed by atoms with Crippen LogP contribution in [0, 0.1) is 5.92 Å². The van der Waals surface area contributed by atoms with E-state index in [1.54, 1.807) is 30.8 Å². The molecule has 0 saturated carbocycles. The van der Waals surface area contributed by atoms with Gasteiger partial charge in [-0.15, -0.1) is 0 Å². The van der Waals surface area contributed by atoms with E-state index in [0.29, 0.717) is 5.69 Å². The number of rotatable bonds is 5. The topological polar surface area (TPSA) is 71.3 Å². The third-order valence-electron chi connectivity index (χ3n) is 3.54. The number of aryl methyl sites for hydroxylation is 1. The normalized spacial score (nSPS) is 13.4. The molecule has 0 aliphatic carbocycles. The molecule has 5 nitrogen and oxygen atoms in total. The van der Waals surface area contributed by atoms with Gasteiger partial charge in [-0.2, -0.15) is 0 Å². The summed E-state index contributed by atoms with van der Waals surface area (Å²) in [5, 5.41) is 12.1. The summed E-state index contributed by atoms with van der Waals surface area (Å²) in [5.41, 5.74) is 1.23. The summed E-state index contributed by atoms with van der Waals surface area (Å²) in [7, 11) is 1.76. The number of aromatic nitrogens is 1. The fraction of sp³-hybridized carbons (Fsp3) is 0.250. The van der Waals surface area contributed by atoms with Gasteiger partial charge in [-0.25, -0.2) is 0 Å².